The number of hydrogen-bond donors (Lipinski definition) is 1. The summed E-state index contributed by atoms with van der Waals surface area (Å²) >= 11 is 0. The molecule has 1 N–H and O–H groups in total. The monoisotopic (exact) mass is 263 g/mol. The molecule has 106 valence electrons. The molecule has 3 heteroatoms. The molecule has 1 aliphatic rings. The summed E-state index contributed by atoms with van der Waals surface area (Å²) in [6.45, 7) is 7.77. The van der Waals surface area contributed by atoms with Gasteiger partial charge in [0.05, 0.1) is 18.8 Å². The third-order valence-electron chi connectivity index (χ3n) is 3.42. The summed E-state index contributed by atoms with van der Waals surface area (Å²) in [6.07, 6.45) is 2.52. The smallest absolute Gasteiger partial charge is 0.0954 e. The number of hydrogen-bond acceptors (Lipinski definition) is 3. The lowest BCUT2D eigenvalue weighted by Gasteiger charge is -2.22. The Bertz CT molecular complexity index is 375. The second-order valence-corrected chi connectivity index (χ2v) is 5.23. The molecule has 1 aliphatic heterocycles. The van der Waals surface area contributed by atoms with Gasteiger partial charge in [-0.15, -0.1) is 0 Å². The minimum atomic E-state index is 0.123. The van der Waals surface area contributed by atoms with Crippen molar-refractivity contribution in [3.63, 3.8) is 0 Å². The van der Waals surface area contributed by atoms with Crippen LogP contribution in [0.15, 0.2) is 24.3 Å². The fourth-order valence-corrected chi connectivity index (χ4v) is 2.38. The van der Waals surface area contributed by atoms with Gasteiger partial charge < -0.3 is 14.8 Å². The summed E-state index contributed by atoms with van der Waals surface area (Å²) in [4.78, 5) is 0. The van der Waals surface area contributed by atoms with Crippen LogP contribution in [-0.2, 0) is 9.47 Å². The van der Waals surface area contributed by atoms with E-state index in [1.54, 1.807) is 0 Å². The van der Waals surface area contributed by atoms with Gasteiger partial charge in [0.1, 0.15) is 0 Å². The number of benzene rings is 1. The Morgan fingerprint density at radius 3 is 3.05 bits per heavy atom. The van der Waals surface area contributed by atoms with E-state index in [9.17, 15) is 0 Å². The topological polar surface area (TPSA) is 30.5 Å². The van der Waals surface area contributed by atoms with Crippen LogP contribution in [0.3, 0.4) is 0 Å². The van der Waals surface area contributed by atoms with E-state index in [2.05, 4.69) is 43.4 Å². The standard InChI is InChI=1S/C16H25NO2/c1-3-8-17-11-16(19-15-7-9-18-12-15)14-6-4-5-13(2)10-14/h4-6,10,15-17H,3,7-9,11-12H2,1-2H3. The molecule has 0 aliphatic carbocycles. The van der Waals surface area contributed by atoms with E-state index >= 15 is 0 Å². The molecular formula is C16H25NO2. The quantitative estimate of drug-likeness (QED) is 0.767. The van der Waals surface area contributed by atoms with Gasteiger partial charge in [-0.3, -0.25) is 0 Å². The summed E-state index contributed by atoms with van der Waals surface area (Å²) in [5.74, 6) is 0. The van der Waals surface area contributed by atoms with E-state index in [0.717, 1.165) is 39.1 Å². The first-order valence-corrected chi connectivity index (χ1v) is 7.30. The van der Waals surface area contributed by atoms with Crippen molar-refractivity contribution in [1.82, 2.24) is 5.32 Å². The molecule has 1 fully saturated rings. The Balaban J connectivity index is 1.99. The summed E-state index contributed by atoms with van der Waals surface area (Å²) in [5.41, 5.74) is 2.54. The maximum Gasteiger partial charge on any atom is 0.0954 e. The molecule has 2 atom stereocenters. The Morgan fingerprint density at radius 2 is 2.37 bits per heavy atom. The van der Waals surface area contributed by atoms with Gasteiger partial charge in [0, 0.05) is 13.2 Å². The lowest BCUT2D eigenvalue weighted by atomic mass is 10.1. The highest BCUT2D eigenvalue weighted by Gasteiger charge is 2.22. The van der Waals surface area contributed by atoms with E-state index in [4.69, 9.17) is 9.47 Å². The van der Waals surface area contributed by atoms with Gasteiger partial charge in [-0.2, -0.15) is 0 Å². The normalized spacial score (nSPS) is 20.6. The van der Waals surface area contributed by atoms with Gasteiger partial charge in [-0.25, -0.2) is 0 Å². The van der Waals surface area contributed by atoms with Crippen LogP contribution in [0, 0.1) is 6.92 Å². The second kappa shape index (κ2) is 7.63. The summed E-state index contributed by atoms with van der Waals surface area (Å²) in [6, 6.07) is 8.60. The molecule has 1 aromatic rings. The summed E-state index contributed by atoms with van der Waals surface area (Å²) in [7, 11) is 0. The zero-order valence-corrected chi connectivity index (χ0v) is 12.0. The Morgan fingerprint density at radius 1 is 1.47 bits per heavy atom. The highest BCUT2D eigenvalue weighted by molar-refractivity contribution is 5.24. The minimum absolute atomic E-state index is 0.123. The van der Waals surface area contributed by atoms with Gasteiger partial charge >= 0.3 is 0 Å². The van der Waals surface area contributed by atoms with Crippen molar-refractivity contribution in [2.75, 3.05) is 26.3 Å². The van der Waals surface area contributed by atoms with Gasteiger partial charge in [-0.1, -0.05) is 36.8 Å². The largest absolute Gasteiger partial charge is 0.379 e. The molecule has 1 saturated heterocycles. The van der Waals surface area contributed by atoms with Crippen molar-refractivity contribution < 1.29 is 9.47 Å². The van der Waals surface area contributed by atoms with Crippen LogP contribution in [0.1, 0.15) is 37.0 Å². The molecule has 0 spiro atoms. The van der Waals surface area contributed by atoms with Crippen LogP contribution in [0.4, 0.5) is 0 Å². The van der Waals surface area contributed by atoms with Crippen molar-refractivity contribution in [3.05, 3.63) is 35.4 Å². The molecule has 19 heavy (non-hydrogen) atoms. The van der Waals surface area contributed by atoms with Crippen LogP contribution in [0.2, 0.25) is 0 Å². The Labute approximate surface area is 116 Å². The highest BCUT2D eigenvalue weighted by Crippen LogP contribution is 2.22. The number of ether oxygens (including phenoxy) is 2. The van der Waals surface area contributed by atoms with Gasteiger partial charge in [0.15, 0.2) is 0 Å². The molecule has 2 unspecified atom stereocenters. The van der Waals surface area contributed by atoms with Gasteiger partial charge in [-0.05, 0) is 31.9 Å². The van der Waals surface area contributed by atoms with E-state index in [1.807, 2.05) is 0 Å². The summed E-state index contributed by atoms with van der Waals surface area (Å²) in [5, 5.41) is 3.46. The molecule has 0 amide bonds. The number of nitrogens with one attached hydrogen (secondary N) is 1. The van der Waals surface area contributed by atoms with Crippen molar-refractivity contribution in [3.8, 4) is 0 Å². The van der Waals surface area contributed by atoms with E-state index in [-0.39, 0.29) is 12.2 Å². The zero-order valence-electron chi connectivity index (χ0n) is 12.0. The SMILES string of the molecule is CCCNCC(OC1CCOC1)c1cccc(C)c1. The first kappa shape index (κ1) is 14.5. The Hall–Kier alpha value is -0.900. The predicted octanol–water partition coefficient (Wildman–Crippen LogP) is 2.84. The van der Waals surface area contributed by atoms with Crippen LogP contribution in [0.5, 0.6) is 0 Å². The van der Waals surface area contributed by atoms with E-state index in [0.29, 0.717) is 0 Å². The minimum Gasteiger partial charge on any atom is -0.379 e. The van der Waals surface area contributed by atoms with Crippen LogP contribution >= 0.6 is 0 Å². The van der Waals surface area contributed by atoms with Crippen LogP contribution < -0.4 is 5.32 Å². The number of aryl methyl sites for hydroxylation is 1. The molecule has 2 rings (SSSR count). The average Bonchev–Trinajstić information content (AvgIpc) is 2.91. The lowest BCUT2D eigenvalue weighted by molar-refractivity contribution is -0.0164. The zero-order chi connectivity index (χ0) is 13.5. The fraction of sp³-hybridized carbons (Fsp3) is 0.625. The molecular weight excluding hydrogens is 238 g/mol. The second-order valence-electron chi connectivity index (χ2n) is 5.23. The number of rotatable bonds is 7. The molecule has 0 aromatic heterocycles. The lowest BCUT2D eigenvalue weighted by Crippen LogP contribution is -2.27. The maximum absolute atomic E-state index is 6.21. The fourth-order valence-electron chi connectivity index (χ4n) is 2.38. The first-order chi connectivity index (χ1) is 9.29. The molecule has 0 bridgehead atoms. The molecule has 0 saturated carbocycles. The van der Waals surface area contributed by atoms with E-state index < -0.39 is 0 Å². The van der Waals surface area contributed by atoms with Gasteiger partial charge in [0.2, 0.25) is 0 Å². The van der Waals surface area contributed by atoms with Crippen molar-refractivity contribution in [2.45, 2.75) is 38.9 Å². The third-order valence-corrected chi connectivity index (χ3v) is 3.42. The molecule has 1 aromatic carbocycles. The third kappa shape index (κ3) is 4.60. The van der Waals surface area contributed by atoms with Crippen molar-refractivity contribution in [1.29, 1.82) is 0 Å². The summed E-state index contributed by atoms with van der Waals surface area (Å²) < 4.78 is 11.6. The Kier molecular flexibility index (Phi) is 5.83. The van der Waals surface area contributed by atoms with E-state index in [1.165, 1.54) is 11.1 Å². The van der Waals surface area contributed by atoms with Gasteiger partial charge in [0.25, 0.3) is 0 Å². The average molecular weight is 263 g/mol. The predicted molar refractivity (Wildman–Crippen MR) is 77.4 cm³/mol. The molecule has 3 nitrogen and oxygen atoms in total. The maximum atomic E-state index is 6.21. The van der Waals surface area contributed by atoms with Crippen LogP contribution in [0.25, 0.3) is 0 Å². The molecule has 1 heterocycles. The van der Waals surface area contributed by atoms with Crippen molar-refractivity contribution >= 4 is 0 Å². The first-order valence-electron chi connectivity index (χ1n) is 7.30. The highest BCUT2D eigenvalue weighted by atomic mass is 16.6. The van der Waals surface area contributed by atoms with Crippen LogP contribution in [-0.4, -0.2) is 32.4 Å². The molecule has 0 radical (unpaired) electrons. The van der Waals surface area contributed by atoms with Crippen molar-refractivity contribution in [2.24, 2.45) is 0 Å².